The van der Waals surface area contributed by atoms with E-state index in [1.807, 2.05) is 35.2 Å². The second kappa shape index (κ2) is 7.89. The van der Waals surface area contributed by atoms with E-state index in [-0.39, 0.29) is 18.4 Å². The van der Waals surface area contributed by atoms with Crippen molar-refractivity contribution < 1.29 is 18.0 Å². The number of fused-ring (bicyclic) bond motifs is 1. The first kappa shape index (κ1) is 19.5. The fraction of sp³-hybridized carbons (Fsp3) is 0.364. The van der Waals surface area contributed by atoms with Gasteiger partial charge in [-0.2, -0.15) is 13.2 Å². The minimum Gasteiger partial charge on any atom is -0.342 e. The van der Waals surface area contributed by atoms with Crippen molar-refractivity contribution in [3.63, 3.8) is 0 Å². The number of carbonyl (C=O) groups is 1. The number of aromatic nitrogens is 2. The first-order valence-corrected chi connectivity index (χ1v) is 9.76. The summed E-state index contributed by atoms with van der Waals surface area (Å²) in [5.74, 6) is -0.700. The van der Waals surface area contributed by atoms with Crippen molar-refractivity contribution in [2.75, 3.05) is 13.1 Å². The summed E-state index contributed by atoms with van der Waals surface area (Å²) in [5, 5.41) is 0. The third-order valence-corrected chi connectivity index (χ3v) is 5.51. The molecule has 0 unspecified atom stereocenters. The Labute approximate surface area is 167 Å². The first-order valence-electron chi connectivity index (χ1n) is 9.76. The Morgan fingerprint density at radius 2 is 1.66 bits per heavy atom. The Bertz CT molecular complexity index is 989. The second-order valence-electron chi connectivity index (χ2n) is 7.52. The van der Waals surface area contributed by atoms with Crippen LogP contribution >= 0.6 is 0 Å². The zero-order chi connectivity index (χ0) is 20.4. The lowest BCUT2D eigenvalue weighted by Gasteiger charge is -2.32. The molecule has 2 aromatic carbocycles. The van der Waals surface area contributed by atoms with E-state index < -0.39 is 12.0 Å². The molecule has 0 atom stereocenters. The number of likely N-dealkylation sites (tertiary alicyclic amines) is 1. The third kappa shape index (κ3) is 4.28. The number of imidazole rings is 1. The number of hydrogen-bond acceptors (Lipinski definition) is 2. The number of piperidine rings is 1. The van der Waals surface area contributed by atoms with Crippen LogP contribution in [0.25, 0.3) is 11.0 Å². The number of amides is 1. The van der Waals surface area contributed by atoms with Crippen LogP contribution in [0.5, 0.6) is 0 Å². The number of carbonyl (C=O) groups excluding carboxylic acids is 1. The number of para-hydroxylation sites is 2. The molecule has 0 N–H and O–H groups in total. The zero-order valence-electron chi connectivity index (χ0n) is 15.9. The Morgan fingerprint density at radius 3 is 2.34 bits per heavy atom. The normalized spacial score (nSPS) is 15.8. The van der Waals surface area contributed by atoms with Gasteiger partial charge in [-0.1, -0.05) is 42.5 Å². The van der Waals surface area contributed by atoms with Crippen LogP contribution in [0, 0.1) is 5.92 Å². The lowest BCUT2D eigenvalue weighted by molar-refractivity contribution is -0.147. The molecular weight excluding hydrogens is 379 g/mol. The van der Waals surface area contributed by atoms with Gasteiger partial charge in [0.25, 0.3) is 0 Å². The van der Waals surface area contributed by atoms with Gasteiger partial charge in [-0.25, -0.2) is 4.98 Å². The Balaban J connectivity index is 1.43. The summed E-state index contributed by atoms with van der Waals surface area (Å²) in [4.78, 5) is 18.1. The van der Waals surface area contributed by atoms with Gasteiger partial charge in [0.1, 0.15) is 0 Å². The quantitative estimate of drug-likeness (QED) is 0.644. The van der Waals surface area contributed by atoms with E-state index in [1.165, 1.54) is 4.57 Å². The lowest BCUT2D eigenvalue weighted by Crippen LogP contribution is -2.40. The number of benzene rings is 2. The standard InChI is InChI=1S/C22H22F3N3O/c23-22(24,25)21-26-18-8-4-5-9-19(18)28(21)15-17-10-12-27(13-11-17)20(29)14-16-6-2-1-3-7-16/h1-9,17H,10-15H2. The molecule has 0 spiro atoms. The van der Waals surface area contributed by atoms with Crippen molar-refractivity contribution in [3.05, 3.63) is 66.0 Å². The Hall–Kier alpha value is -2.83. The number of rotatable bonds is 4. The third-order valence-electron chi connectivity index (χ3n) is 5.51. The van der Waals surface area contributed by atoms with Crippen LogP contribution in [-0.4, -0.2) is 33.4 Å². The molecule has 4 rings (SSSR count). The summed E-state index contributed by atoms with van der Waals surface area (Å²) >= 11 is 0. The van der Waals surface area contributed by atoms with Gasteiger partial charge in [-0.3, -0.25) is 4.79 Å². The summed E-state index contributed by atoms with van der Waals surface area (Å²) < 4.78 is 41.7. The highest BCUT2D eigenvalue weighted by molar-refractivity contribution is 5.79. The van der Waals surface area contributed by atoms with Crippen LogP contribution in [0.3, 0.4) is 0 Å². The monoisotopic (exact) mass is 401 g/mol. The van der Waals surface area contributed by atoms with Gasteiger partial charge in [0.15, 0.2) is 0 Å². The van der Waals surface area contributed by atoms with Gasteiger partial charge in [-0.15, -0.1) is 0 Å². The van der Waals surface area contributed by atoms with E-state index in [0.717, 1.165) is 5.56 Å². The fourth-order valence-electron chi connectivity index (χ4n) is 3.98. The van der Waals surface area contributed by atoms with Gasteiger partial charge in [0, 0.05) is 19.6 Å². The van der Waals surface area contributed by atoms with Crippen molar-refractivity contribution in [1.29, 1.82) is 0 Å². The summed E-state index contributed by atoms with van der Waals surface area (Å²) in [6, 6.07) is 16.3. The average Bonchev–Trinajstić information content (AvgIpc) is 3.08. The predicted octanol–water partition coefficient (Wildman–Crippen LogP) is 4.54. The van der Waals surface area contributed by atoms with E-state index in [2.05, 4.69) is 4.98 Å². The molecule has 0 radical (unpaired) electrons. The summed E-state index contributed by atoms with van der Waals surface area (Å²) in [5.41, 5.74) is 1.83. The molecule has 1 fully saturated rings. The molecule has 2 heterocycles. The van der Waals surface area contributed by atoms with Gasteiger partial charge >= 0.3 is 6.18 Å². The maximum absolute atomic E-state index is 13.5. The lowest BCUT2D eigenvalue weighted by atomic mass is 9.96. The highest BCUT2D eigenvalue weighted by Gasteiger charge is 2.38. The number of alkyl halides is 3. The fourth-order valence-corrected chi connectivity index (χ4v) is 3.98. The maximum atomic E-state index is 13.5. The molecule has 1 saturated heterocycles. The van der Waals surface area contributed by atoms with Crippen LogP contribution < -0.4 is 0 Å². The van der Waals surface area contributed by atoms with E-state index in [9.17, 15) is 18.0 Å². The van der Waals surface area contributed by atoms with E-state index in [4.69, 9.17) is 0 Å². The largest absolute Gasteiger partial charge is 0.449 e. The van der Waals surface area contributed by atoms with Crippen LogP contribution in [0.2, 0.25) is 0 Å². The van der Waals surface area contributed by atoms with Crippen LogP contribution in [0.15, 0.2) is 54.6 Å². The number of hydrogen-bond donors (Lipinski definition) is 0. The molecule has 3 aromatic rings. The minimum atomic E-state index is -4.49. The molecule has 7 heteroatoms. The predicted molar refractivity (Wildman–Crippen MR) is 104 cm³/mol. The molecule has 1 aliphatic heterocycles. The smallest absolute Gasteiger partial charge is 0.342 e. The molecule has 29 heavy (non-hydrogen) atoms. The molecular formula is C22H22F3N3O. The molecule has 1 aliphatic rings. The summed E-state index contributed by atoms with van der Waals surface area (Å²) in [6.07, 6.45) is -2.77. The molecule has 1 amide bonds. The van der Waals surface area contributed by atoms with E-state index >= 15 is 0 Å². The number of halogens is 3. The van der Waals surface area contributed by atoms with E-state index in [1.54, 1.807) is 24.3 Å². The van der Waals surface area contributed by atoms with Crippen molar-refractivity contribution in [3.8, 4) is 0 Å². The Kier molecular flexibility index (Phi) is 5.30. The average molecular weight is 401 g/mol. The molecule has 0 saturated carbocycles. The molecule has 0 aliphatic carbocycles. The van der Waals surface area contributed by atoms with Gasteiger partial charge in [0.2, 0.25) is 11.7 Å². The van der Waals surface area contributed by atoms with E-state index in [0.29, 0.717) is 43.4 Å². The topological polar surface area (TPSA) is 38.1 Å². The summed E-state index contributed by atoms with van der Waals surface area (Å²) in [7, 11) is 0. The van der Waals surface area contributed by atoms with Crippen LogP contribution in [-0.2, 0) is 23.9 Å². The van der Waals surface area contributed by atoms with Crippen LogP contribution in [0.4, 0.5) is 13.2 Å². The zero-order valence-corrected chi connectivity index (χ0v) is 15.9. The Morgan fingerprint density at radius 1 is 1.00 bits per heavy atom. The molecule has 152 valence electrons. The van der Waals surface area contributed by atoms with Gasteiger partial charge < -0.3 is 9.47 Å². The van der Waals surface area contributed by atoms with Crippen LogP contribution in [0.1, 0.15) is 24.2 Å². The SMILES string of the molecule is O=C(Cc1ccccc1)N1CCC(Cn2c(C(F)(F)F)nc3ccccc32)CC1. The minimum absolute atomic E-state index is 0.0683. The maximum Gasteiger partial charge on any atom is 0.449 e. The molecule has 0 bridgehead atoms. The van der Waals surface area contributed by atoms with Crippen molar-refractivity contribution >= 4 is 16.9 Å². The molecule has 4 nitrogen and oxygen atoms in total. The highest BCUT2D eigenvalue weighted by atomic mass is 19.4. The second-order valence-corrected chi connectivity index (χ2v) is 7.52. The summed E-state index contributed by atoms with van der Waals surface area (Å²) in [6.45, 7) is 1.41. The van der Waals surface area contributed by atoms with Gasteiger partial charge in [-0.05, 0) is 36.5 Å². The first-order chi connectivity index (χ1) is 13.9. The van der Waals surface area contributed by atoms with Crippen molar-refractivity contribution in [2.45, 2.75) is 32.0 Å². The van der Waals surface area contributed by atoms with Crippen molar-refractivity contribution in [2.24, 2.45) is 5.92 Å². The van der Waals surface area contributed by atoms with Gasteiger partial charge in [0.05, 0.1) is 17.5 Å². The van der Waals surface area contributed by atoms with Crippen molar-refractivity contribution in [1.82, 2.24) is 14.5 Å². The highest BCUT2D eigenvalue weighted by Crippen LogP contribution is 2.33. The number of nitrogens with zero attached hydrogens (tertiary/aromatic N) is 3. The molecule has 1 aromatic heterocycles.